The summed E-state index contributed by atoms with van der Waals surface area (Å²) < 4.78 is 5.04. The number of carbonyl (C=O) groups is 1. The fourth-order valence-electron chi connectivity index (χ4n) is 2.58. The summed E-state index contributed by atoms with van der Waals surface area (Å²) in [5, 5.41) is 3.84. The Morgan fingerprint density at radius 2 is 1.92 bits per heavy atom. The maximum Gasteiger partial charge on any atom is 0.409 e. The molecule has 1 amide bonds. The smallest absolute Gasteiger partial charge is 0.409 e. The minimum Gasteiger partial charge on any atom is -0.450 e. The van der Waals surface area contributed by atoms with Gasteiger partial charge in [0.05, 0.1) is 6.61 Å². The van der Waals surface area contributed by atoms with Gasteiger partial charge in [-0.15, -0.1) is 0 Å². The van der Waals surface area contributed by atoms with Crippen molar-refractivity contribution in [2.75, 3.05) is 43.0 Å². The first-order valence-corrected chi connectivity index (χ1v) is 8.56. The summed E-state index contributed by atoms with van der Waals surface area (Å²) in [5.74, 6) is 1.35. The van der Waals surface area contributed by atoms with Gasteiger partial charge in [-0.3, -0.25) is 0 Å². The number of benzene rings is 1. The van der Waals surface area contributed by atoms with E-state index in [0.29, 0.717) is 43.8 Å². The molecule has 2 heterocycles. The molecular weight excluding hydrogens is 342 g/mol. The summed E-state index contributed by atoms with van der Waals surface area (Å²) >= 11 is 5.89. The first-order valence-electron chi connectivity index (χ1n) is 8.18. The Morgan fingerprint density at radius 3 is 2.60 bits per heavy atom. The second-order valence-corrected chi connectivity index (χ2v) is 5.98. The molecule has 1 aliphatic rings. The summed E-state index contributed by atoms with van der Waals surface area (Å²) in [6.07, 6.45) is 1.47. The van der Waals surface area contributed by atoms with Gasteiger partial charge in [-0.05, 0) is 37.3 Å². The van der Waals surface area contributed by atoms with Gasteiger partial charge in [-0.1, -0.05) is 11.6 Å². The number of aromatic nitrogens is 2. The fraction of sp³-hybridized carbons (Fsp3) is 0.353. The molecule has 1 fully saturated rings. The van der Waals surface area contributed by atoms with E-state index in [-0.39, 0.29) is 6.09 Å². The van der Waals surface area contributed by atoms with Crippen LogP contribution in [0.25, 0.3) is 0 Å². The molecule has 0 unspecified atom stereocenters. The zero-order valence-corrected chi connectivity index (χ0v) is 14.7. The monoisotopic (exact) mass is 361 g/mol. The van der Waals surface area contributed by atoms with Crippen molar-refractivity contribution in [1.82, 2.24) is 14.9 Å². The molecule has 0 aliphatic carbocycles. The van der Waals surface area contributed by atoms with Crippen LogP contribution in [0.4, 0.5) is 22.2 Å². The van der Waals surface area contributed by atoms with Crippen molar-refractivity contribution >= 4 is 35.1 Å². The molecule has 2 aromatic rings. The van der Waals surface area contributed by atoms with E-state index in [1.165, 1.54) is 0 Å². The van der Waals surface area contributed by atoms with Crippen LogP contribution in [0.2, 0.25) is 5.02 Å². The van der Waals surface area contributed by atoms with Crippen molar-refractivity contribution < 1.29 is 9.53 Å². The fourth-order valence-corrected chi connectivity index (χ4v) is 2.71. The molecule has 0 saturated carbocycles. The quantitative estimate of drug-likeness (QED) is 0.902. The summed E-state index contributed by atoms with van der Waals surface area (Å²) in [6.45, 7) is 4.84. The molecule has 0 atom stereocenters. The lowest BCUT2D eigenvalue weighted by Crippen LogP contribution is -2.49. The van der Waals surface area contributed by atoms with Crippen LogP contribution in [0, 0.1) is 0 Å². The highest BCUT2D eigenvalue weighted by Gasteiger charge is 2.22. The van der Waals surface area contributed by atoms with Crippen molar-refractivity contribution in [3.8, 4) is 0 Å². The van der Waals surface area contributed by atoms with Crippen molar-refractivity contribution in [2.45, 2.75) is 6.92 Å². The molecule has 0 bridgehead atoms. The van der Waals surface area contributed by atoms with E-state index < -0.39 is 0 Å². The van der Waals surface area contributed by atoms with Gasteiger partial charge in [0.15, 0.2) is 0 Å². The van der Waals surface area contributed by atoms with Crippen molar-refractivity contribution in [3.63, 3.8) is 0 Å². The third-order valence-corrected chi connectivity index (χ3v) is 4.12. The average Bonchev–Trinajstić information content (AvgIpc) is 2.64. The van der Waals surface area contributed by atoms with Gasteiger partial charge in [0.25, 0.3) is 0 Å². The normalized spacial score (nSPS) is 14.3. The van der Waals surface area contributed by atoms with Crippen LogP contribution in [-0.2, 0) is 4.74 Å². The number of hydrogen-bond donors (Lipinski definition) is 1. The summed E-state index contributed by atoms with van der Waals surface area (Å²) in [7, 11) is 0. The molecule has 1 aliphatic heterocycles. The summed E-state index contributed by atoms with van der Waals surface area (Å²) in [4.78, 5) is 24.4. The molecular formula is C17H20ClN5O2. The first kappa shape index (κ1) is 17.3. The van der Waals surface area contributed by atoms with E-state index in [0.717, 1.165) is 11.5 Å². The lowest BCUT2D eigenvalue weighted by molar-refractivity contribution is 0.105. The van der Waals surface area contributed by atoms with Gasteiger partial charge in [0.1, 0.15) is 5.82 Å². The van der Waals surface area contributed by atoms with E-state index in [1.54, 1.807) is 11.1 Å². The molecule has 8 heteroatoms. The number of hydrogen-bond acceptors (Lipinski definition) is 6. The Kier molecular flexibility index (Phi) is 5.55. The van der Waals surface area contributed by atoms with Gasteiger partial charge < -0.3 is 19.9 Å². The molecule has 3 rings (SSSR count). The van der Waals surface area contributed by atoms with Crippen LogP contribution < -0.4 is 10.2 Å². The molecule has 1 saturated heterocycles. The summed E-state index contributed by atoms with van der Waals surface area (Å²) in [5.41, 5.74) is 0.869. The zero-order chi connectivity index (χ0) is 17.6. The molecule has 132 valence electrons. The highest BCUT2D eigenvalue weighted by molar-refractivity contribution is 6.30. The van der Waals surface area contributed by atoms with Gasteiger partial charge in [0.2, 0.25) is 5.95 Å². The van der Waals surface area contributed by atoms with Crippen LogP contribution >= 0.6 is 11.6 Å². The second kappa shape index (κ2) is 8.02. The minimum atomic E-state index is -0.255. The van der Waals surface area contributed by atoms with E-state index in [2.05, 4.69) is 20.2 Å². The molecule has 1 aromatic heterocycles. The maximum atomic E-state index is 11.8. The second-order valence-electron chi connectivity index (χ2n) is 5.54. The number of nitrogens with one attached hydrogen (secondary N) is 1. The molecule has 1 N–H and O–H groups in total. The third kappa shape index (κ3) is 4.51. The van der Waals surface area contributed by atoms with E-state index in [4.69, 9.17) is 16.3 Å². The Balaban J connectivity index is 1.62. The lowest BCUT2D eigenvalue weighted by atomic mass is 10.3. The standard InChI is InChI=1S/C17H20ClN5O2/c1-2-25-17(24)23-11-9-22(10-12-23)15-7-8-19-16(21-15)20-14-5-3-13(18)4-6-14/h3-8H,2,9-12H2,1H3,(H,19,20,21). The summed E-state index contributed by atoms with van der Waals surface area (Å²) in [6, 6.07) is 9.23. The average molecular weight is 362 g/mol. The van der Waals surface area contributed by atoms with E-state index >= 15 is 0 Å². The third-order valence-electron chi connectivity index (χ3n) is 3.87. The Morgan fingerprint density at radius 1 is 1.20 bits per heavy atom. The maximum absolute atomic E-state index is 11.8. The van der Waals surface area contributed by atoms with Crippen LogP contribution in [0.5, 0.6) is 0 Å². The minimum absolute atomic E-state index is 0.255. The molecule has 0 radical (unpaired) electrons. The van der Waals surface area contributed by atoms with Crippen LogP contribution in [0.15, 0.2) is 36.5 Å². The predicted molar refractivity (Wildman–Crippen MR) is 97.6 cm³/mol. The van der Waals surface area contributed by atoms with Crippen LogP contribution in [-0.4, -0.2) is 53.7 Å². The number of carbonyl (C=O) groups excluding carboxylic acids is 1. The number of amides is 1. The largest absolute Gasteiger partial charge is 0.450 e. The predicted octanol–water partition coefficient (Wildman–Crippen LogP) is 3.15. The number of nitrogens with zero attached hydrogens (tertiary/aromatic N) is 4. The highest BCUT2D eigenvalue weighted by atomic mass is 35.5. The van der Waals surface area contributed by atoms with Gasteiger partial charge in [-0.25, -0.2) is 9.78 Å². The van der Waals surface area contributed by atoms with Gasteiger partial charge in [0, 0.05) is 43.1 Å². The number of rotatable bonds is 4. The molecule has 7 nitrogen and oxygen atoms in total. The Bertz CT molecular complexity index is 717. The molecule has 1 aromatic carbocycles. The highest BCUT2D eigenvalue weighted by Crippen LogP contribution is 2.19. The van der Waals surface area contributed by atoms with E-state index in [9.17, 15) is 4.79 Å². The Labute approximate surface area is 151 Å². The number of halogens is 1. The molecule has 25 heavy (non-hydrogen) atoms. The van der Waals surface area contributed by atoms with Gasteiger partial charge >= 0.3 is 6.09 Å². The number of anilines is 3. The molecule has 0 spiro atoms. The first-order chi connectivity index (χ1) is 12.2. The van der Waals surface area contributed by atoms with Crippen molar-refractivity contribution in [1.29, 1.82) is 0 Å². The topological polar surface area (TPSA) is 70.6 Å². The van der Waals surface area contributed by atoms with Crippen molar-refractivity contribution in [2.24, 2.45) is 0 Å². The number of ether oxygens (including phenoxy) is 1. The van der Waals surface area contributed by atoms with Crippen LogP contribution in [0.3, 0.4) is 0 Å². The van der Waals surface area contributed by atoms with Crippen molar-refractivity contribution in [3.05, 3.63) is 41.6 Å². The lowest BCUT2D eigenvalue weighted by Gasteiger charge is -2.34. The SMILES string of the molecule is CCOC(=O)N1CCN(c2ccnc(Nc3ccc(Cl)cc3)n2)CC1. The zero-order valence-electron chi connectivity index (χ0n) is 14.0. The Hall–Kier alpha value is -2.54. The van der Waals surface area contributed by atoms with E-state index in [1.807, 2.05) is 37.3 Å². The van der Waals surface area contributed by atoms with Gasteiger partial charge in [-0.2, -0.15) is 4.98 Å². The van der Waals surface area contributed by atoms with Crippen LogP contribution in [0.1, 0.15) is 6.92 Å². The number of piperazine rings is 1.